The van der Waals surface area contributed by atoms with Gasteiger partial charge in [-0.3, -0.25) is 4.90 Å². The van der Waals surface area contributed by atoms with Crippen molar-refractivity contribution in [3.63, 3.8) is 0 Å². The molecule has 4 rings (SSSR count). The lowest BCUT2D eigenvalue weighted by Crippen LogP contribution is -2.58. The molecule has 20 heavy (non-hydrogen) atoms. The van der Waals surface area contributed by atoms with Gasteiger partial charge in [-0.05, 0) is 43.9 Å². The summed E-state index contributed by atoms with van der Waals surface area (Å²) < 4.78 is 0. The average Bonchev–Trinajstić information content (AvgIpc) is 2.45. The molecule has 3 nitrogen and oxygen atoms in total. The summed E-state index contributed by atoms with van der Waals surface area (Å²) in [6, 6.07) is 2.20. The molecule has 2 aliphatic carbocycles. The molecule has 4 bridgehead atoms. The van der Waals surface area contributed by atoms with Gasteiger partial charge in [0.25, 0.3) is 0 Å². The maximum absolute atomic E-state index is 9.14. The molecular formula is C17H28N2O. The zero-order chi connectivity index (χ0) is 13.5. The SMILES string of the molecule is O/N=C1\C[C@H]2CCC[C@@H](C1)N2[C@H]1C[C@@H]2CCC[C@@H](C2)C1. The van der Waals surface area contributed by atoms with Gasteiger partial charge in [-0.1, -0.05) is 30.8 Å². The summed E-state index contributed by atoms with van der Waals surface area (Å²) in [5, 5.41) is 12.7. The third-order valence-corrected chi connectivity index (χ3v) is 6.53. The molecule has 0 unspecified atom stereocenters. The molecule has 0 aromatic rings. The van der Waals surface area contributed by atoms with Gasteiger partial charge in [0, 0.05) is 31.0 Å². The molecule has 0 spiro atoms. The summed E-state index contributed by atoms with van der Waals surface area (Å²) in [7, 11) is 0. The Hall–Kier alpha value is -0.570. The molecule has 1 N–H and O–H groups in total. The first-order chi connectivity index (χ1) is 9.83. The van der Waals surface area contributed by atoms with Crippen LogP contribution in [0.5, 0.6) is 0 Å². The number of rotatable bonds is 1. The zero-order valence-electron chi connectivity index (χ0n) is 12.5. The van der Waals surface area contributed by atoms with E-state index in [0.29, 0.717) is 12.1 Å². The van der Waals surface area contributed by atoms with Crippen molar-refractivity contribution in [2.24, 2.45) is 17.0 Å². The summed E-state index contributed by atoms with van der Waals surface area (Å²) in [4.78, 5) is 2.89. The van der Waals surface area contributed by atoms with Crippen LogP contribution in [0, 0.1) is 11.8 Å². The Morgan fingerprint density at radius 1 is 0.800 bits per heavy atom. The van der Waals surface area contributed by atoms with Crippen LogP contribution in [0.3, 0.4) is 0 Å². The van der Waals surface area contributed by atoms with Crippen LogP contribution in [0.2, 0.25) is 0 Å². The van der Waals surface area contributed by atoms with E-state index in [1.807, 2.05) is 0 Å². The van der Waals surface area contributed by atoms with Gasteiger partial charge in [-0.2, -0.15) is 0 Å². The van der Waals surface area contributed by atoms with Crippen molar-refractivity contribution in [2.75, 3.05) is 0 Å². The van der Waals surface area contributed by atoms with Crippen LogP contribution in [-0.4, -0.2) is 33.9 Å². The summed E-state index contributed by atoms with van der Waals surface area (Å²) in [5.41, 5.74) is 1.06. The van der Waals surface area contributed by atoms with Gasteiger partial charge in [0.05, 0.1) is 5.71 Å². The molecule has 5 atom stereocenters. The van der Waals surface area contributed by atoms with E-state index in [0.717, 1.165) is 36.4 Å². The number of hydrogen-bond acceptors (Lipinski definition) is 3. The van der Waals surface area contributed by atoms with Gasteiger partial charge >= 0.3 is 0 Å². The van der Waals surface area contributed by atoms with Gasteiger partial charge in [-0.25, -0.2) is 0 Å². The number of fused-ring (bicyclic) bond motifs is 4. The topological polar surface area (TPSA) is 35.8 Å². The number of nitrogens with zero attached hydrogens (tertiary/aromatic N) is 2. The first-order valence-corrected chi connectivity index (χ1v) is 8.80. The second-order valence-electron chi connectivity index (χ2n) is 7.78. The van der Waals surface area contributed by atoms with E-state index < -0.39 is 0 Å². The van der Waals surface area contributed by atoms with Gasteiger partial charge < -0.3 is 5.21 Å². The third-order valence-electron chi connectivity index (χ3n) is 6.53. The predicted octanol–water partition coefficient (Wildman–Crippen LogP) is 3.80. The Kier molecular flexibility index (Phi) is 3.49. The van der Waals surface area contributed by atoms with E-state index >= 15 is 0 Å². The fourth-order valence-corrected chi connectivity index (χ4v) is 5.85. The van der Waals surface area contributed by atoms with Crippen LogP contribution in [-0.2, 0) is 0 Å². The van der Waals surface area contributed by atoms with E-state index in [4.69, 9.17) is 5.21 Å². The van der Waals surface area contributed by atoms with Crippen molar-refractivity contribution in [3.8, 4) is 0 Å². The van der Waals surface area contributed by atoms with Crippen molar-refractivity contribution in [2.45, 2.75) is 88.8 Å². The second kappa shape index (κ2) is 5.32. The normalized spacial score (nSPS) is 47.4. The minimum absolute atomic E-state index is 0.678. The molecule has 2 saturated heterocycles. The molecule has 3 heteroatoms. The maximum atomic E-state index is 9.14. The summed E-state index contributed by atoms with van der Waals surface area (Å²) in [5.74, 6) is 2.03. The van der Waals surface area contributed by atoms with Crippen LogP contribution >= 0.6 is 0 Å². The fraction of sp³-hybridized carbons (Fsp3) is 0.941. The monoisotopic (exact) mass is 276 g/mol. The minimum atomic E-state index is 0.678. The molecule has 0 amide bonds. The quantitative estimate of drug-likeness (QED) is 0.584. The maximum Gasteiger partial charge on any atom is 0.0601 e. The predicted molar refractivity (Wildman–Crippen MR) is 80.2 cm³/mol. The van der Waals surface area contributed by atoms with Crippen molar-refractivity contribution in [1.82, 2.24) is 4.90 Å². The van der Waals surface area contributed by atoms with E-state index in [1.165, 1.54) is 57.8 Å². The number of piperidine rings is 2. The lowest BCUT2D eigenvalue weighted by Gasteiger charge is -2.53. The van der Waals surface area contributed by atoms with Gasteiger partial charge in [0.2, 0.25) is 0 Å². The highest BCUT2D eigenvalue weighted by molar-refractivity contribution is 5.86. The Morgan fingerprint density at radius 3 is 2.00 bits per heavy atom. The molecule has 0 aromatic heterocycles. The lowest BCUT2D eigenvalue weighted by molar-refractivity contribution is -0.0150. The fourth-order valence-electron chi connectivity index (χ4n) is 5.85. The van der Waals surface area contributed by atoms with Crippen molar-refractivity contribution < 1.29 is 5.21 Å². The van der Waals surface area contributed by atoms with Gasteiger partial charge in [0.1, 0.15) is 0 Å². The molecule has 0 radical (unpaired) electrons. The smallest absolute Gasteiger partial charge is 0.0601 e. The highest BCUT2D eigenvalue weighted by Crippen LogP contribution is 2.45. The number of hydrogen-bond donors (Lipinski definition) is 1. The molecule has 2 heterocycles. The van der Waals surface area contributed by atoms with Crippen LogP contribution in [0.1, 0.15) is 70.6 Å². The lowest BCUT2D eigenvalue weighted by atomic mass is 9.68. The summed E-state index contributed by atoms with van der Waals surface area (Å²) in [6.45, 7) is 0. The molecule has 112 valence electrons. The first-order valence-electron chi connectivity index (χ1n) is 8.80. The zero-order valence-corrected chi connectivity index (χ0v) is 12.5. The summed E-state index contributed by atoms with van der Waals surface area (Å²) in [6.07, 6.45) is 15.0. The van der Waals surface area contributed by atoms with Crippen LogP contribution in [0.15, 0.2) is 5.16 Å². The van der Waals surface area contributed by atoms with Gasteiger partial charge in [0.15, 0.2) is 0 Å². The van der Waals surface area contributed by atoms with Crippen LogP contribution in [0.4, 0.5) is 0 Å². The minimum Gasteiger partial charge on any atom is -0.411 e. The molecule has 2 saturated carbocycles. The average molecular weight is 276 g/mol. The standard InChI is InChI=1S/C17H28N2O/c20-18-14-10-15-5-2-6-16(11-14)19(15)17-8-12-3-1-4-13(7-12)9-17/h12-13,15-17,20H,1-11H2/b18-14-/t12-,13+,15-,16+,17+/m0/s1. The molecule has 4 aliphatic rings. The van der Waals surface area contributed by atoms with E-state index in [9.17, 15) is 0 Å². The Balaban J connectivity index is 1.52. The van der Waals surface area contributed by atoms with Crippen molar-refractivity contribution >= 4 is 5.71 Å². The summed E-state index contributed by atoms with van der Waals surface area (Å²) >= 11 is 0. The highest BCUT2D eigenvalue weighted by atomic mass is 16.4. The van der Waals surface area contributed by atoms with Crippen molar-refractivity contribution in [3.05, 3.63) is 0 Å². The van der Waals surface area contributed by atoms with E-state index in [2.05, 4.69) is 10.1 Å². The Labute approximate surface area is 122 Å². The Morgan fingerprint density at radius 2 is 1.40 bits per heavy atom. The van der Waals surface area contributed by atoms with E-state index in [1.54, 1.807) is 0 Å². The molecule has 4 fully saturated rings. The van der Waals surface area contributed by atoms with Crippen LogP contribution < -0.4 is 0 Å². The van der Waals surface area contributed by atoms with Crippen LogP contribution in [0.25, 0.3) is 0 Å². The second-order valence-corrected chi connectivity index (χ2v) is 7.78. The Bertz CT molecular complexity index is 366. The van der Waals surface area contributed by atoms with Gasteiger partial charge in [-0.15, -0.1) is 0 Å². The molecule has 2 aliphatic heterocycles. The third kappa shape index (κ3) is 2.28. The molecular weight excluding hydrogens is 248 g/mol. The largest absolute Gasteiger partial charge is 0.411 e. The van der Waals surface area contributed by atoms with E-state index in [-0.39, 0.29) is 0 Å². The number of oxime groups is 1. The van der Waals surface area contributed by atoms with Crippen molar-refractivity contribution in [1.29, 1.82) is 0 Å². The molecule has 0 aromatic carbocycles. The highest BCUT2D eigenvalue weighted by Gasteiger charge is 2.43. The first kappa shape index (κ1) is 13.1.